The Morgan fingerprint density at radius 1 is 1.67 bits per heavy atom. The van der Waals surface area contributed by atoms with E-state index in [0.29, 0.717) is 6.54 Å². The maximum Gasteiger partial charge on any atom is 0.155 e. The van der Waals surface area contributed by atoms with Crippen molar-refractivity contribution in [3.8, 4) is 0 Å². The predicted molar refractivity (Wildman–Crippen MR) is 51.4 cm³/mol. The van der Waals surface area contributed by atoms with Gasteiger partial charge >= 0.3 is 0 Å². The van der Waals surface area contributed by atoms with E-state index in [4.69, 9.17) is 5.73 Å². The highest BCUT2D eigenvalue weighted by Gasteiger charge is 2.01. The lowest BCUT2D eigenvalue weighted by molar-refractivity contribution is 0.709. The fourth-order valence-electron chi connectivity index (χ4n) is 0.807. The topological polar surface area (TPSA) is 56.7 Å². The second kappa shape index (κ2) is 4.37. The molecule has 0 amide bonds. The number of nitrogens with two attached hydrogens (primary N) is 1. The molecule has 0 aliphatic carbocycles. The highest BCUT2D eigenvalue weighted by atomic mass is 79.9. The number of hydrogen-bond donors (Lipinski definition) is 1. The molecule has 1 heterocycles. The molecule has 0 aromatic carbocycles. The zero-order valence-corrected chi connectivity index (χ0v) is 8.45. The standard InChI is InChI=1S/C7H11BrN4/c1-12-6(4-2-3-5-9)7(8)10-11-12/h2,4H,3,5,9H2,1H3/b4-2+. The maximum absolute atomic E-state index is 5.34. The van der Waals surface area contributed by atoms with Crippen LogP contribution >= 0.6 is 15.9 Å². The quantitative estimate of drug-likeness (QED) is 0.842. The minimum absolute atomic E-state index is 0.666. The lowest BCUT2D eigenvalue weighted by atomic mass is 10.3. The smallest absolute Gasteiger partial charge is 0.155 e. The first-order chi connectivity index (χ1) is 5.75. The Kier molecular flexibility index (Phi) is 3.43. The summed E-state index contributed by atoms with van der Waals surface area (Å²) in [4.78, 5) is 0. The molecular formula is C7H11BrN4. The molecule has 0 unspecified atom stereocenters. The van der Waals surface area contributed by atoms with E-state index in [1.54, 1.807) is 4.68 Å². The first-order valence-corrected chi connectivity index (χ1v) is 4.46. The van der Waals surface area contributed by atoms with Crippen LogP contribution in [0.5, 0.6) is 0 Å². The van der Waals surface area contributed by atoms with Gasteiger partial charge in [-0.15, -0.1) is 5.10 Å². The Morgan fingerprint density at radius 3 is 2.92 bits per heavy atom. The van der Waals surface area contributed by atoms with Gasteiger partial charge in [0, 0.05) is 7.05 Å². The van der Waals surface area contributed by atoms with Crippen molar-refractivity contribution in [3.05, 3.63) is 16.4 Å². The van der Waals surface area contributed by atoms with Crippen LogP contribution in [0, 0.1) is 0 Å². The lowest BCUT2D eigenvalue weighted by Gasteiger charge is -1.92. The van der Waals surface area contributed by atoms with E-state index in [1.165, 1.54) is 0 Å². The van der Waals surface area contributed by atoms with Crippen LogP contribution in [0.2, 0.25) is 0 Å². The van der Waals surface area contributed by atoms with Crippen molar-refractivity contribution in [1.82, 2.24) is 15.0 Å². The SMILES string of the molecule is Cn1nnc(Br)c1/C=C/CCN. The second-order valence-corrected chi connectivity index (χ2v) is 3.12. The third kappa shape index (κ3) is 2.15. The monoisotopic (exact) mass is 230 g/mol. The summed E-state index contributed by atoms with van der Waals surface area (Å²) >= 11 is 3.29. The minimum atomic E-state index is 0.666. The van der Waals surface area contributed by atoms with E-state index in [-0.39, 0.29) is 0 Å². The van der Waals surface area contributed by atoms with Crippen molar-refractivity contribution in [2.75, 3.05) is 6.54 Å². The molecule has 0 bridgehead atoms. The molecule has 1 rings (SSSR count). The molecule has 66 valence electrons. The summed E-state index contributed by atoms with van der Waals surface area (Å²) in [7, 11) is 1.85. The van der Waals surface area contributed by atoms with Gasteiger partial charge in [-0.2, -0.15) is 0 Å². The van der Waals surface area contributed by atoms with Crippen LogP contribution in [0.1, 0.15) is 12.1 Å². The highest BCUT2D eigenvalue weighted by molar-refractivity contribution is 9.10. The zero-order chi connectivity index (χ0) is 8.97. The van der Waals surface area contributed by atoms with Crippen LogP contribution in [-0.4, -0.2) is 21.5 Å². The molecule has 5 heteroatoms. The van der Waals surface area contributed by atoms with E-state index >= 15 is 0 Å². The summed E-state index contributed by atoms with van der Waals surface area (Å²) in [5.74, 6) is 0. The van der Waals surface area contributed by atoms with Crippen LogP contribution in [-0.2, 0) is 7.05 Å². The molecule has 0 atom stereocenters. The van der Waals surface area contributed by atoms with E-state index in [9.17, 15) is 0 Å². The van der Waals surface area contributed by atoms with Crippen LogP contribution in [0.25, 0.3) is 6.08 Å². The molecule has 0 spiro atoms. The molecule has 0 fully saturated rings. The Labute approximate surface area is 79.6 Å². The van der Waals surface area contributed by atoms with Gasteiger partial charge in [0.25, 0.3) is 0 Å². The fourth-order valence-corrected chi connectivity index (χ4v) is 1.27. The second-order valence-electron chi connectivity index (χ2n) is 2.37. The van der Waals surface area contributed by atoms with Gasteiger partial charge in [-0.1, -0.05) is 11.3 Å². The van der Waals surface area contributed by atoms with E-state index in [1.807, 2.05) is 19.2 Å². The molecule has 0 saturated heterocycles. The molecule has 0 radical (unpaired) electrons. The van der Waals surface area contributed by atoms with E-state index in [2.05, 4.69) is 26.2 Å². The molecule has 1 aromatic heterocycles. The number of rotatable bonds is 3. The van der Waals surface area contributed by atoms with Crippen molar-refractivity contribution < 1.29 is 0 Å². The molecule has 0 saturated carbocycles. The molecule has 0 aliphatic rings. The number of nitrogens with zero attached hydrogens (tertiary/aromatic N) is 3. The van der Waals surface area contributed by atoms with Gasteiger partial charge < -0.3 is 5.73 Å². The third-order valence-corrected chi connectivity index (χ3v) is 2.00. The number of hydrogen-bond acceptors (Lipinski definition) is 3. The zero-order valence-electron chi connectivity index (χ0n) is 6.87. The van der Waals surface area contributed by atoms with Crippen LogP contribution in [0.15, 0.2) is 10.7 Å². The summed E-state index contributed by atoms with van der Waals surface area (Å²) in [5.41, 5.74) is 6.30. The van der Waals surface area contributed by atoms with Gasteiger partial charge in [0.2, 0.25) is 0 Å². The number of aromatic nitrogens is 3. The Morgan fingerprint density at radius 2 is 2.42 bits per heavy atom. The van der Waals surface area contributed by atoms with Crippen LogP contribution < -0.4 is 5.73 Å². The molecule has 12 heavy (non-hydrogen) atoms. The Hall–Kier alpha value is -0.680. The first-order valence-electron chi connectivity index (χ1n) is 3.67. The van der Waals surface area contributed by atoms with Gasteiger partial charge in [-0.05, 0) is 35.0 Å². The minimum Gasteiger partial charge on any atom is -0.330 e. The number of aryl methyl sites for hydroxylation is 1. The summed E-state index contributed by atoms with van der Waals surface area (Å²) < 4.78 is 2.47. The van der Waals surface area contributed by atoms with Crippen molar-refractivity contribution in [1.29, 1.82) is 0 Å². The van der Waals surface area contributed by atoms with E-state index < -0.39 is 0 Å². The average Bonchev–Trinajstić information content (AvgIpc) is 2.35. The molecule has 1 aromatic rings. The van der Waals surface area contributed by atoms with Crippen molar-refractivity contribution in [2.24, 2.45) is 12.8 Å². The predicted octanol–water partition coefficient (Wildman–Crippen LogP) is 0.940. The fraction of sp³-hybridized carbons (Fsp3) is 0.429. The lowest BCUT2D eigenvalue weighted by Crippen LogP contribution is -1.96. The van der Waals surface area contributed by atoms with E-state index in [0.717, 1.165) is 16.7 Å². The van der Waals surface area contributed by atoms with Gasteiger partial charge in [-0.3, -0.25) is 0 Å². The third-order valence-electron chi connectivity index (χ3n) is 1.44. The summed E-state index contributed by atoms with van der Waals surface area (Å²) in [5, 5.41) is 7.67. The van der Waals surface area contributed by atoms with Crippen molar-refractivity contribution in [3.63, 3.8) is 0 Å². The van der Waals surface area contributed by atoms with Crippen LogP contribution in [0.3, 0.4) is 0 Å². The first kappa shape index (κ1) is 9.41. The van der Waals surface area contributed by atoms with Gasteiger partial charge in [-0.25, -0.2) is 4.68 Å². The molecule has 0 aliphatic heterocycles. The molecular weight excluding hydrogens is 220 g/mol. The number of halogens is 1. The maximum atomic E-state index is 5.34. The van der Waals surface area contributed by atoms with Gasteiger partial charge in [0.05, 0.1) is 5.69 Å². The highest BCUT2D eigenvalue weighted by Crippen LogP contribution is 2.13. The van der Waals surface area contributed by atoms with Crippen molar-refractivity contribution >= 4 is 22.0 Å². The summed E-state index contributed by atoms with van der Waals surface area (Å²) in [6.07, 6.45) is 4.83. The molecule has 2 N–H and O–H groups in total. The van der Waals surface area contributed by atoms with Gasteiger partial charge in [0.15, 0.2) is 4.60 Å². The van der Waals surface area contributed by atoms with Crippen molar-refractivity contribution in [2.45, 2.75) is 6.42 Å². The largest absolute Gasteiger partial charge is 0.330 e. The van der Waals surface area contributed by atoms with Gasteiger partial charge in [0.1, 0.15) is 0 Å². The summed E-state index contributed by atoms with van der Waals surface area (Å²) in [6.45, 7) is 0.666. The Balaban J connectivity index is 2.73. The average molecular weight is 231 g/mol. The van der Waals surface area contributed by atoms with Crippen LogP contribution in [0.4, 0.5) is 0 Å². The normalized spacial score (nSPS) is 11.2. The Bertz CT molecular complexity index is 259. The summed E-state index contributed by atoms with van der Waals surface area (Å²) in [6, 6.07) is 0. The molecule has 4 nitrogen and oxygen atoms in total.